The van der Waals surface area contributed by atoms with Crippen LogP contribution in [0.1, 0.15) is 39.5 Å². The molecule has 0 spiro atoms. The van der Waals surface area contributed by atoms with Gasteiger partial charge in [0, 0.05) is 5.56 Å². The Labute approximate surface area is 165 Å². The quantitative estimate of drug-likeness (QED) is 0.347. The second-order valence-corrected chi connectivity index (χ2v) is 7.34. The second kappa shape index (κ2) is 6.31. The Balaban J connectivity index is 1.90. The lowest BCUT2D eigenvalue weighted by molar-refractivity contribution is 0.101. The molecule has 0 saturated heterocycles. The lowest BCUT2D eigenvalue weighted by Crippen LogP contribution is -2.28. The Morgan fingerprint density at radius 1 is 0.571 bits per heavy atom. The highest BCUT2D eigenvalue weighted by atomic mass is 16.1. The van der Waals surface area contributed by atoms with Gasteiger partial charge >= 0.3 is 0 Å². The molecule has 1 aliphatic rings. The highest BCUT2D eigenvalue weighted by molar-refractivity contribution is 5.94. The summed E-state index contributed by atoms with van der Waals surface area (Å²) >= 11 is 0. The van der Waals surface area contributed by atoms with Crippen molar-refractivity contribution in [3.63, 3.8) is 0 Å². The molecule has 1 aliphatic carbocycles. The van der Waals surface area contributed by atoms with Gasteiger partial charge in [-0.25, -0.2) is 0 Å². The summed E-state index contributed by atoms with van der Waals surface area (Å²) in [7, 11) is 0. The highest BCUT2D eigenvalue weighted by Crippen LogP contribution is 2.55. The molecular weight excluding hydrogens is 340 g/mol. The molecule has 28 heavy (non-hydrogen) atoms. The first-order chi connectivity index (χ1) is 13.7. The van der Waals surface area contributed by atoms with E-state index < -0.39 is 0 Å². The van der Waals surface area contributed by atoms with Gasteiger partial charge in [-0.3, -0.25) is 4.79 Å². The number of Topliss-reactive ketones (excluding diaryl/α,β-unsaturated/α-hetero) is 1. The maximum Gasteiger partial charge on any atom is 0.159 e. The summed E-state index contributed by atoms with van der Waals surface area (Å²) in [5, 5.41) is 0. The van der Waals surface area contributed by atoms with Crippen molar-refractivity contribution < 1.29 is 4.79 Å². The normalized spacial score (nSPS) is 13.6. The van der Waals surface area contributed by atoms with Crippen molar-refractivity contribution in [2.45, 2.75) is 12.3 Å². The summed E-state index contributed by atoms with van der Waals surface area (Å²) < 4.78 is 0. The van der Waals surface area contributed by atoms with E-state index in [1.807, 2.05) is 12.1 Å². The molecule has 1 nitrogen and oxygen atoms in total. The zero-order chi connectivity index (χ0) is 19.1. The predicted octanol–water partition coefficient (Wildman–Crippen LogP) is 6.25. The predicted molar refractivity (Wildman–Crippen MR) is 114 cm³/mol. The van der Waals surface area contributed by atoms with E-state index in [0.717, 1.165) is 5.56 Å². The molecule has 1 heteroatoms. The van der Waals surface area contributed by atoms with Gasteiger partial charge in [-0.2, -0.15) is 0 Å². The summed E-state index contributed by atoms with van der Waals surface area (Å²) in [6.07, 6.45) is 0. The van der Waals surface area contributed by atoms with Gasteiger partial charge in [0.2, 0.25) is 0 Å². The topological polar surface area (TPSA) is 17.1 Å². The maximum atomic E-state index is 11.8. The van der Waals surface area contributed by atoms with E-state index in [2.05, 4.69) is 91.0 Å². The number of rotatable bonds is 3. The molecule has 0 fully saturated rings. The third-order valence-corrected chi connectivity index (χ3v) is 5.88. The number of fused-ring (bicyclic) bond motifs is 3. The Kier molecular flexibility index (Phi) is 3.77. The van der Waals surface area contributed by atoms with Gasteiger partial charge in [0.25, 0.3) is 0 Å². The molecular formula is C27H20O. The fourth-order valence-electron chi connectivity index (χ4n) is 4.67. The van der Waals surface area contributed by atoms with Crippen LogP contribution in [0, 0.1) is 0 Å². The van der Waals surface area contributed by atoms with E-state index >= 15 is 0 Å². The number of hydrogen-bond donors (Lipinski definition) is 0. The zero-order valence-electron chi connectivity index (χ0n) is 15.7. The molecule has 0 amide bonds. The number of ketones is 1. The van der Waals surface area contributed by atoms with Crippen molar-refractivity contribution >= 4 is 5.78 Å². The Morgan fingerprint density at radius 2 is 1.04 bits per heavy atom. The van der Waals surface area contributed by atoms with Crippen LogP contribution in [-0.2, 0) is 5.41 Å². The number of carbonyl (C=O) groups is 1. The van der Waals surface area contributed by atoms with E-state index in [-0.39, 0.29) is 11.2 Å². The molecule has 0 heterocycles. The lowest BCUT2D eigenvalue weighted by atomic mass is 9.67. The van der Waals surface area contributed by atoms with Gasteiger partial charge in [-0.1, -0.05) is 103 Å². The van der Waals surface area contributed by atoms with Gasteiger partial charge in [-0.05, 0) is 40.3 Å². The van der Waals surface area contributed by atoms with Crippen LogP contribution in [0.3, 0.4) is 0 Å². The van der Waals surface area contributed by atoms with E-state index in [4.69, 9.17) is 0 Å². The molecule has 0 bridgehead atoms. The second-order valence-electron chi connectivity index (χ2n) is 7.34. The van der Waals surface area contributed by atoms with Crippen molar-refractivity contribution in [1.82, 2.24) is 0 Å². The van der Waals surface area contributed by atoms with Crippen LogP contribution in [0.25, 0.3) is 11.1 Å². The first-order valence-electron chi connectivity index (χ1n) is 9.59. The van der Waals surface area contributed by atoms with Gasteiger partial charge in [0.1, 0.15) is 0 Å². The smallest absolute Gasteiger partial charge is 0.159 e. The lowest BCUT2D eigenvalue weighted by Gasteiger charge is -2.33. The maximum absolute atomic E-state index is 11.8. The van der Waals surface area contributed by atoms with Crippen molar-refractivity contribution in [1.29, 1.82) is 0 Å². The highest BCUT2D eigenvalue weighted by Gasteiger charge is 2.45. The summed E-state index contributed by atoms with van der Waals surface area (Å²) in [4.78, 5) is 11.8. The molecule has 5 rings (SSSR count). The fraction of sp³-hybridized carbons (Fsp3) is 0.0741. The molecule has 4 aromatic carbocycles. The van der Waals surface area contributed by atoms with Crippen LogP contribution in [0.5, 0.6) is 0 Å². The molecule has 0 aromatic heterocycles. The SMILES string of the molecule is CC(=O)c1ccc(C2(c3ccccc3)c3ccccc3-c3ccccc32)cc1. The van der Waals surface area contributed by atoms with Crippen LogP contribution in [0.4, 0.5) is 0 Å². The van der Waals surface area contributed by atoms with E-state index in [9.17, 15) is 4.79 Å². The molecule has 134 valence electrons. The summed E-state index contributed by atoms with van der Waals surface area (Å²) in [5.74, 6) is 0.0903. The fourth-order valence-corrected chi connectivity index (χ4v) is 4.67. The summed E-state index contributed by atoms with van der Waals surface area (Å²) in [6, 6.07) is 36.1. The number of hydrogen-bond acceptors (Lipinski definition) is 1. The molecule has 0 radical (unpaired) electrons. The minimum atomic E-state index is -0.385. The standard InChI is InChI=1S/C27H20O/c1-19(28)20-15-17-22(18-16-20)27(21-9-3-2-4-10-21)25-13-7-5-11-23(25)24-12-6-8-14-26(24)27/h2-18H,1H3. The summed E-state index contributed by atoms with van der Waals surface area (Å²) in [5.41, 5.74) is 7.91. The first kappa shape index (κ1) is 16.7. The van der Waals surface area contributed by atoms with Crippen molar-refractivity contribution in [3.05, 3.63) is 131 Å². The van der Waals surface area contributed by atoms with Gasteiger partial charge in [0.15, 0.2) is 5.78 Å². The van der Waals surface area contributed by atoms with Gasteiger partial charge in [-0.15, -0.1) is 0 Å². The van der Waals surface area contributed by atoms with Gasteiger partial charge in [0.05, 0.1) is 5.41 Å². The van der Waals surface area contributed by atoms with Crippen LogP contribution in [0.15, 0.2) is 103 Å². The molecule has 0 N–H and O–H groups in total. The third kappa shape index (κ3) is 2.23. The molecule has 4 aromatic rings. The Bertz CT molecular complexity index is 1120. The van der Waals surface area contributed by atoms with E-state index in [1.54, 1.807) is 6.92 Å². The molecule has 0 atom stereocenters. The van der Waals surface area contributed by atoms with Crippen LogP contribution in [-0.4, -0.2) is 5.78 Å². The minimum Gasteiger partial charge on any atom is -0.295 e. The monoisotopic (exact) mass is 360 g/mol. The van der Waals surface area contributed by atoms with E-state index in [0.29, 0.717) is 0 Å². The molecule has 0 unspecified atom stereocenters. The van der Waals surface area contributed by atoms with Crippen molar-refractivity contribution in [3.8, 4) is 11.1 Å². The number of benzene rings is 4. The van der Waals surface area contributed by atoms with Crippen LogP contribution < -0.4 is 0 Å². The van der Waals surface area contributed by atoms with Crippen LogP contribution in [0.2, 0.25) is 0 Å². The third-order valence-electron chi connectivity index (χ3n) is 5.88. The first-order valence-corrected chi connectivity index (χ1v) is 9.59. The minimum absolute atomic E-state index is 0.0903. The molecule has 0 saturated carbocycles. The van der Waals surface area contributed by atoms with E-state index in [1.165, 1.54) is 33.4 Å². The summed E-state index contributed by atoms with van der Waals surface area (Å²) in [6.45, 7) is 1.61. The van der Waals surface area contributed by atoms with Gasteiger partial charge < -0.3 is 0 Å². The average molecular weight is 360 g/mol. The Hall–Kier alpha value is -3.45. The largest absolute Gasteiger partial charge is 0.295 e. The zero-order valence-corrected chi connectivity index (χ0v) is 15.7. The Morgan fingerprint density at radius 3 is 1.57 bits per heavy atom. The number of carbonyl (C=O) groups excluding carboxylic acids is 1. The average Bonchev–Trinajstić information content (AvgIpc) is 3.06. The van der Waals surface area contributed by atoms with Crippen molar-refractivity contribution in [2.24, 2.45) is 0 Å². The van der Waals surface area contributed by atoms with Crippen LogP contribution >= 0.6 is 0 Å². The molecule has 0 aliphatic heterocycles. The van der Waals surface area contributed by atoms with Crippen molar-refractivity contribution in [2.75, 3.05) is 0 Å².